The molecular weight excluding hydrogens is 216 g/mol. The van der Waals surface area contributed by atoms with Gasteiger partial charge in [0.25, 0.3) is 0 Å². The molecule has 0 spiro atoms. The SMILES string of the molecule is CCc1c(CO)cnn1CCS(C)(=O)=O. The van der Waals surface area contributed by atoms with Crippen LogP contribution in [0.4, 0.5) is 0 Å². The topological polar surface area (TPSA) is 72.2 Å². The summed E-state index contributed by atoms with van der Waals surface area (Å²) in [5.41, 5.74) is 1.67. The molecule has 86 valence electrons. The Morgan fingerprint density at radius 1 is 1.53 bits per heavy atom. The molecule has 0 amide bonds. The standard InChI is InChI=1S/C9H16N2O3S/c1-3-9-8(7-12)6-10-11(9)4-5-15(2,13)14/h6,12H,3-5,7H2,1-2H3. The van der Waals surface area contributed by atoms with Gasteiger partial charge in [-0.15, -0.1) is 0 Å². The molecular formula is C9H16N2O3S. The zero-order valence-electron chi connectivity index (χ0n) is 8.97. The van der Waals surface area contributed by atoms with Gasteiger partial charge in [0.15, 0.2) is 0 Å². The molecule has 1 heterocycles. The van der Waals surface area contributed by atoms with E-state index in [-0.39, 0.29) is 12.4 Å². The van der Waals surface area contributed by atoms with Crippen LogP contribution in [0.25, 0.3) is 0 Å². The molecule has 0 atom stereocenters. The van der Waals surface area contributed by atoms with E-state index in [1.807, 2.05) is 6.92 Å². The molecule has 0 bridgehead atoms. The van der Waals surface area contributed by atoms with E-state index in [1.54, 1.807) is 10.9 Å². The monoisotopic (exact) mass is 232 g/mol. The van der Waals surface area contributed by atoms with Crippen molar-refractivity contribution in [1.82, 2.24) is 9.78 Å². The molecule has 0 aliphatic rings. The van der Waals surface area contributed by atoms with Gasteiger partial charge in [-0.05, 0) is 6.42 Å². The molecule has 0 aromatic carbocycles. The Kier molecular flexibility index (Phi) is 3.87. The molecule has 1 aromatic heterocycles. The number of hydrogen-bond acceptors (Lipinski definition) is 4. The highest BCUT2D eigenvalue weighted by Gasteiger charge is 2.10. The summed E-state index contributed by atoms with van der Waals surface area (Å²) in [5.74, 6) is 0.0759. The Bertz CT molecular complexity index is 423. The summed E-state index contributed by atoms with van der Waals surface area (Å²) >= 11 is 0. The number of rotatable bonds is 5. The number of hydrogen-bond donors (Lipinski definition) is 1. The Morgan fingerprint density at radius 2 is 2.20 bits per heavy atom. The summed E-state index contributed by atoms with van der Waals surface area (Å²) in [6.45, 7) is 2.25. The third kappa shape index (κ3) is 3.32. The van der Waals surface area contributed by atoms with Gasteiger partial charge in [-0.2, -0.15) is 5.10 Å². The van der Waals surface area contributed by atoms with Crippen LogP contribution < -0.4 is 0 Å². The second-order valence-electron chi connectivity index (χ2n) is 3.48. The Labute approximate surface area is 89.6 Å². The Hall–Kier alpha value is -0.880. The van der Waals surface area contributed by atoms with Crippen molar-refractivity contribution in [3.8, 4) is 0 Å². The fourth-order valence-electron chi connectivity index (χ4n) is 1.44. The molecule has 0 saturated heterocycles. The summed E-state index contributed by atoms with van der Waals surface area (Å²) in [5, 5.41) is 13.1. The highest BCUT2D eigenvalue weighted by atomic mass is 32.2. The minimum Gasteiger partial charge on any atom is -0.392 e. The van der Waals surface area contributed by atoms with Gasteiger partial charge in [0.1, 0.15) is 9.84 Å². The van der Waals surface area contributed by atoms with E-state index in [4.69, 9.17) is 5.11 Å². The number of aliphatic hydroxyl groups is 1. The zero-order chi connectivity index (χ0) is 11.5. The summed E-state index contributed by atoms with van der Waals surface area (Å²) in [6, 6.07) is 0. The van der Waals surface area contributed by atoms with Gasteiger partial charge in [0.05, 0.1) is 25.1 Å². The lowest BCUT2D eigenvalue weighted by molar-refractivity contribution is 0.280. The number of aliphatic hydroxyl groups excluding tert-OH is 1. The average molecular weight is 232 g/mol. The Morgan fingerprint density at radius 3 is 2.67 bits per heavy atom. The fourth-order valence-corrected chi connectivity index (χ4v) is 1.94. The first-order valence-electron chi connectivity index (χ1n) is 4.80. The van der Waals surface area contributed by atoms with Gasteiger partial charge in [-0.25, -0.2) is 8.42 Å². The van der Waals surface area contributed by atoms with Gasteiger partial charge in [-0.3, -0.25) is 4.68 Å². The smallest absolute Gasteiger partial charge is 0.149 e. The predicted molar refractivity (Wildman–Crippen MR) is 57.2 cm³/mol. The summed E-state index contributed by atoms with van der Waals surface area (Å²) in [6.07, 6.45) is 3.52. The molecule has 5 nitrogen and oxygen atoms in total. The van der Waals surface area contributed by atoms with E-state index in [2.05, 4.69) is 5.10 Å². The van der Waals surface area contributed by atoms with Crippen molar-refractivity contribution in [3.63, 3.8) is 0 Å². The van der Waals surface area contributed by atoms with E-state index in [9.17, 15) is 8.42 Å². The molecule has 0 radical (unpaired) electrons. The number of sulfone groups is 1. The van der Waals surface area contributed by atoms with Gasteiger partial charge >= 0.3 is 0 Å². The van der Waals surface area contributed by atoms with Crippen molar-refractivity contribution in [2.24, 2.45) is 0 Å². The summed E-state index contributed by atoms with van der Waals surface area (Å²) in [4.78, 5) is 0. The van der Waals surface area contributed by atoms with Crippen molar-refractivity contribution in [1.29, 1.82) is 0 Å². The molecule has 6 heteroatoms. The van der Waals surface area contributed by atoms with E-state index in [1.165, 1.54) is 6.26 Å². The van der Waals surface area contributed by atoms with Crippen LogP contribution in [0.5, 0.6) is 0 Å². The number of aromatic nitrogens is 2. The van der Waals surface area contributed by atoms with Crippen molar-refractivity contribution in [2.45, 2.75) is 26.5 Å². The second-order valence-corrected chi connectivity index (χ2v) is 5.74. The molecule has 15 heavy (non-hydrogen) atoms. The van der Waals surface area contributed by atoms with Crippen LogP contribution in [-0.2, 0) is 29.4 Å². The van der Waals surface area contributed by atoms with Crippen molar-refractivity contribution in [3.05, 3.63) is 17.5 Å². The molecule has 1 aromatic rings. The molecule has 1 N–H and O–H groups in total. The lowest BCUT2D eigenvalue weighted by Gasteiger charge is -2.05. The Balaban J connectivity index is 2.81. The molecule has 0 aliphatic carbocycles. The first kappa shape index (κ1) is 12.2. The lowest BCUT2D eigenvalue weighted by atomic mass is 10.2. The van der Waals surface area contributed by atoms with Gasteiger partial charge < -0.3 is 5.11 Å². The van der Waals surface area contributed by atoms with Crippen LogP contribution in [0.1, 0.15) is 18.2 Å². The van der Waals surface area contributed by atoms with Gasteiger partial charge in [0, 0.05) is 17.5 Å². The van der Waals surface area contributed by atoms with Crippen LogP contribution >= 0.6 is 0 Å². The maximum Gasteiger partial charge on any atom is 0.149 e. The normalized spacial score (nSPS) is 11.9. The van der Waals surface area contributed by atoms with Crippen molar-refractivity contribution in [2.75, 3.05) is 12.0 Å². The minimum absolute atomic E-state index is 0.0535. The van der Waals surface area contributed by atoms with E-state index >= 15 is 0 Å². The third-order valence-corrected chi connectivity index (χ3v) is 3.14. The molecule has 0 unspecified atom stereocenters. The van der Waals surface area contributed by atoms with Crippen LogP contribution in [0.3, 0.4) is 0 Å². The van der Waals surface area contributed by atoms with E-state index in [0.29, 0.717) is 6.54 Å². The quantitative estimate of drug-likeness (QED) is 0.774. The highest BCUT2D eigenvalue weighted by Crippen LogP contribution is 2.09. The second kappa shape index (κ2) is 4.76. The van der Waals surface area contributed by atoms with Gasteiger partial charge in [-0.1, -0.05) is 6.92 Å². The minimum atomic E-state index is -2.97. The van der Waals surface area contributed by atoms with Crippen molar-refractivity contribution >= 4 is 9.84 Å². The molecule has 0 saturated carbocycles. The van der Waals surface area contributed by atoms with Crippen LogP contribution in [0.15, 0.2) is 6.20 Å². The lowest BCUT2D eigenvalue weighted by Crippen LogP contribution is -2.14. The van der Waals surface area contributed by atoms with Crippen LogP contribution in [0, 0.1) is 0 Å². The first-order valence-corrected chi connectivity index (χ1v) is 6.86. The zero-order valence-corrected chi connectivity index (χ0v) is 9.79. The molecule has 0 fully saturated rings. The highest BCUT2D eigenvalue weighted by molar-refractivity contribution is 7.90. The maximum absolute atomic E-state index is 11.0. The predicted octanol–water partition coefficient (Wildman–Crippen LogP) is -0.0176. The third-order valence-electron chi connectivity index (χ3n) is 2.21. The van der Waals surface area contributed by atoms with Crippen LogP contribution in [-0.4, -0.2) is 35.3 Å². The summed E-state index contributed by atoms with van der Waals surface area (Å²) < 4.78 is 23.6. The first-order chi connectivity index (χ1) is 6.98. The van der Waals surface area contributed by atoms with Crippen molar-refractivity contribution < 1.29 is 13.5 Å². The van der Waals surface area contributed by atoms with Crippen LogP contribution in [0.2, 0.25) is 0 Å². The average Bonchev–Trinajstić information content (AvgIpc) is 2.55. The molecule has 1 rings (SSSR count). The maximum atomic E-state index is 11.0. The largest absolute Gasteiger partial charge is 0.392 e. The molecule has 0 aliphatic heterocycles. The fraction of sp³-hybridized carbons (Fsp3) is 0.667. The number of nitrogens with zero attached hydrogens (tertiary/aromatic N) is 2. The van der Waals surface area contributed by atoms with E-state index < -0.39 is 9.84 Å². The number of aryl methyl sites for hydroxylation is 1. The summed E-state index contributed by atoms with van der Waals surface area (Å²) in [7, 11) is -2.97. The van der Waals surface area contributed by atoms with Gasteiger partial charge in [0.2, 0.25) is 0 Å². The van der Waals surface area contributed by atoms with E-state index in [0.717, 1.165) is 17.7 Å².